The number of anilines is 3. The largest absolute Gasteiger partial charge is 0.443 e. The van der Waals surface area contributed by atoms with Gasteiger partial charge in [-0.25, -0.2) is 23.4 Å². The molecule has 4 aromatic rings. The molecular formula is C33H37F2N5O5S. The van der Waals surface area contributed by atoms with Crippen LogP contribution < -0.4 is 15.1 Å². The predicted molar refractivity (Wildman–Crippen MR) is 175 cm³/mol. The van der Waals surface area contributed by atoms with Crippen molar-refractivity contribution < 1.29 is 32.6 Å². The highest BCUT2D eigenvalue weighted by Gasteiger charge is 2.36. The van der Waals surface area contributed by atoms with Crippen LogP contribution in [0.4, 0.5) is 35.7 Å². The van der Waals surface area contributed by atoms with E-state index in [9.17, 15) is 23.2 Å². The SMILES string of the molecule is CC(C)(C)OC(=O)N(C(=O)OC(C)(C)C)c1nsc2ccc(NC(=O)c3cc4ccccc4nc3N3CCCC(F)(F)CC3)cc12. The molecule has 0 bridgehead atoms. The van der Waals surface area contributed by atoms with Gasteiger partial charge in [-0.05, 0) is 89.8 Å². The van der Waals surface area contributed by atoms with Crippen LogP contribution in [-0.2, 0) is 9.47 Å². The van der Waals surface area contributed by atoms with Crippen LogP contribution in [0.25, 0.3) is 21.0 Å². The minimum Gasteiger partial charge on any atom is -0.443 e. The van der Waals surface area contributed by atoms with Crippen LogP contribution >= 0.6 is 11.5 Å². The second-order valence-electron chi connectivity index (χ2n) is 13.2. The molecule has 46 heavy (non-hydrogen) atoms. The summed E-state index contributed by atoms with van der Waals surface area (Å²) in [5, 5.41) is 4.02. The van der Waals surface area contributed by atoms with E-state index in [1.165, 1.54) is 0 Å². The number of benzene rings is 2. The molecule has 0 radical (unpaired) electrons. The summed E-state index contributed by atoms with van der Waals surface area (Å²) in [6.45, 7) is 10.5. The summed E-state index contributed by atoms with van der Waals surface area (Å²) in [7, 11) is 0. The van der Waals surface area contributed by atoms with Crippen LogP contribution in [-0.4, -0.2) is 57.7 Å². The fraction of sp³-hybridized carbons (Fsp3) is 0.424. The predicted octanol–water partition coefficient (Wildman–Crippen LogP) is 8.40. The van der Waals surface area contributed by atoms with Crippen LogP contribution in [0.2, 0.25) is 0 Å². The maximum atomic E-state index is 14.2. The quantitative estimate of drug-likeness (QED) is 0.234. The molecule has 1 N–H and O–H groups in total. The zero-order chi connectivity index (χ0) is 33.4. The Morgan fingerprint density at radius 2 is 1.61 bits per heavy atom. The Balaban J connectivity index is 1.51. The van der Waals surface area contributed by atoms with Crippen molar-refractivity contribution >= 4 is 67.9 Å². The number of fused-ring (bicyclic) bond motifs is 2. The van der Waals surface area contributed by atoms with Gasteiger partial charge in [0.1, 0.15) is 17.0 Å². The Bertz CT molecular complexity index is 1770. The van der Waals surface area contributed by atoms with Crippen LogP contribution in [0.3, 0.4) is 0 Å². The molecule has 0 spiro atoms. The molecule has 0 unspecified atom stereocenters. The highest BCUT2D eigenvalue weighted by molar-refractivity contribution is 7.13. The first-order valence-electron chi connectivity index (χ1n) is 15.0. The number of alkyl halides is 2. The number of imide groups is 1. The molecule has 1 aliphatic rings. The summed E-state index contributed by atoms with van der Waals surface area (Å²) >= 11 is 1.06. The molecule has 0 atom stereocenters. The molecule has 1 fully saturated rings. The lowest BCUT2D eigenvalue weighted by Gasteiger charge is -2.27. The van der Waals surface area contributed by atoms with Crippen LogP contribution in [0.5, 0.6) is 0 Å². The first-order valence-corrected chi connectivity index (χ1v) is 15.8. The van der Waals surface area contributed by atoms with E-state index in [-0.39, 0.29) is 37.2 Å². The lowest BCUT2D eigenvalue weighted by molar-refractivity contribution is -0.0102. The van der Waals surface area contributed by atoms with Gasteiger partial charge in [0, 0.05) is 42.4 Å². The molecule has 0 saturated carbocycles. The van der Waals surface area contributed by atoms with Crippen molar-refractivity contribution in [1.82, 2.24) is 9.36 Å². The topological polar surface area (TPSA) is 114 Å². The summed E-state index contributed by atoms with van der Waals surface area (Å²) in [4.78, 5) is 47.6. The smallest absolute Gasteiger partial charge is 0.425 e. The van der Waals surface area contributed by atoms with Gasteiger partial charge in [-0.2, -0.15) is 9.27 Å². The van der Waals surface area contributed by atoms with Crippen molar-refractivity contribution in [2.24, 2.45) is 0 Å². The third-order valence-corrected chi connectivity index (χ3v) is 7.86. The number of carbonyl (C=O) groups excluding carboxylic acids is 3. The van der Waals surface area contributed by atoms with Crippen LogP contribution in [0.1, 0.15) is 71.2 Å². The number of rotatable bonds is 4. The minimum absolute atomic E-state index is 0.00171. The standard InChI is InChI=1S/C33H37F2N5O5S/c1-31(2,3)44-29(42)40(30(43)45-32(4,5)6)27-22-19-21(12-13-25(22)46-38-27)36-28(41)23-18-20-10-7-8-11-24(20)37-26(23)39-16-9-14-33(34,35)15-17-39/h7-8,10-13,18-19H,9,14-17H2,1-6H3,(H,36,41). The number of hydrogen-bond donors (Lipinski definition) is 1. The molecule has 0 aliphatic carbocycles. The Labute approximate surface area is 269 Å². The maximum Gasteiger partial charge on any atom is 0.425 e. The Morgan fingerprint density at radius 3 is 2.28 bits per heavy atom. The number of para-hydroxylation sites is 1. The van der Waals surface area contributed by atoms with E-state index in [0.29, 0.717) is 33.7 Å². The summed E-state index contributed by atoms with van der Waals surface area (Å²) in [6.07, 6.45) is -2.21. The molecule has 1 aliphatic heterocycles. The zero-order valence-electron chi connectivity index (χ0n) is 26.6. The summed E-state index contributed by atoms with van der Waals surface area (Å²) in [5.41, 5.74) is -0.579. The number of aromatic nitrogens is 2. The molecule has 3 amide bonds. The third kappa shape index (κ3) is 7.69. The Morgan fingerprint density at radius 1 is 0.935 bits per heavy atom. The molecule has 10 nitrogen and oxygen atoms in total. The van der Waals surface area contributed by atoms with E-state index < -0.39 is 35.2 Å². The van der Waals surface area contributed by atoms with Gasteiger partial charge in [-0.1, -0.05) is 18.2 Å². The van der Waals surface area contributed by atoms with Gasteiger partial charge in [0.2, 0.25) is 5.92 Å². The second-order valence-corrected chi connectivity index (χ2v) is 14.0. The molecule has 244 valence electrons. The van der Waals surface area contributed by atoms with Gasteiger partial charge < -0.3 is 19.7 Å². The average Bonchev–Trinajstić information content (AvgIpc) is 3.25. The fourth-order valence-corrected chi connectivity index (χ4v) is 5.76. The fourth-order valence-electron chi connectivity index (χ4n) is 5.02. The van der Waals surface area contributed by atoms with E-state index in [1.807, 2.05) is 24.3 Å². The number of carbonyl (C=O) groups is 3. The van der Waals surface area contributed by atoms with Crippen LogP contribution in [0, 0.1) is 0 Å². The van der Waals surface area contributed by atoms with E-state index in [2.05, 4.69) is 9.69 Å². The number of pyridine rings is 1. The summed E-state index contributed by atoms with van der Waals surface area (Å²) < 4.78 is 44.5. The van der Waals surface area contributed by atoms with Crippen molar-refractivity contribution in [2.75, 3.05) is 28.2 Å². The van der Waals surface area contributed by atoms with Gasteiger partial charge in [0.15, 0.2) is 5.82 Å². The van der Waals surface area contributed by atoms with Gasteiger partial charge in [0.25, 0.3) is 5.91 Å². The average molecular weight is 654 g/mol. The normalized spacial score (nSPS) is 15.3. The molecule has 3 heterocycles. The molecule has 1 saturated heterocycles. The number of nitrogens with one attached hydrogen (secondary N) is 1. The maximum absolute atomic E-state index is 14.2. The highest BCUT2D eigenvalue weighted by Crippen LogP contribution is 2.35. The van der Waals surface area contributed by atoms with E-state index in [0.717, 1.165) is 21.8 Å². The van der Waals surface area contributed by atoms with Crippen molar-refractivity contribution in [2.45, 2.75) is 77.9 Å². The number of hydrogen-bond acceptors (Lipinski definition) is 9. The lowest BCUT2D eigenvalue weighted by Crippen LogP contribution is -2.44. The van der Waals surface area contributed by atoms with Gasteiger partial charge in [-0.15, -0.1) is 0 Å². The monoisotopic (exact) mass is 653 g/mol. The Kier molecular flexibility index (Phi) is 8.91. The van der Waals surface area contributed by atoms with E-state index >= 15 is 0 Å². The van der Waals surface area contributed by atoms with Crippen molar-refractivity contribution in [3.05, 3.63) is 54.1 Å². The molecule has 2 aromatic carbocycles. The van der Waals surface area contributed by atoms with E-state index in [4.69, 9.17) is 14.5 Å². The van der Waals surface area contributed by atoms with Crippen LogP contribution in [0.15, 0.2) is 48.5 Å². The van der Waals surface area contributed by atoms with Gasteiger partial charge in [0.05, 0.1) is 15.8 Å². The lowest BCUT2D eigenvalue weighted by atomic mass is 10.1. The molecule has 2 aromatic heterocycles. The number of halogens is 2. The minimum atomic E-state index is -2.78. The van der Waals surface area contributed by atoms with Gasteiger partial charge >= 0.3 is 12.2 Å². The second kappa shape index (κ2) is 12.4. The highest BCUT2D eigenvalue weighted by atomic mass is 32.1. The summed E-state index contributed by atoms with van der Waals surface area (Å²) in [5.74, 6) is -2.95. The van der Waals surface area contributed by atoms with Crippen molar-refractivity contribution in [1.29, 1.82) is 0 Å². The van der Waals surface area contributed by atoms with Crippen molar-refractivity contribution in [3.8, 4) is 0 Å². The molecular weight excluding hydrogens is 616 g/mol. The Hall–Kier alpha value is -4.39. The number of amides is 3. The summed E-state index contributed by atoms with van der Waals surface area (Å²) in [6, 6.07) is 14.0. The zero-order valence-corrected chi connectivity index (χ0v) is 27.5. The first-order chi connectivity index (χ1) is 21.5. The number of ether oxygens (including phenoxy) is 2. The third-order valence-electron chi connectivity index (χ3n) is 7.04. The molecule has 13 heteroatoms. The molecule has 5 rings (SSSR count). The van der Waals surface area contributed by atoms with Gasteiger partial charge in [-0.3, -0.25) is 4.79 Å². The first kappa shape index (κ1) is 33.0. The van der Waals surface area contributed by atoms with Crippen molar-refractivity contribution in [3.63, 3.8) is 0 Å². The van der Waals surface area contributed by atoms with E-state index in [1.54, 1.807) is 70.7 Å². The number of nitrogens with zero attached hydrogens (tertiary/aromatic N) is 4.